The number of nitrogens with zero attached hydrogens (tertiary/aromatic N) is 2. The molecular formula is C19H13Cl2F5N4O2. The molecule has 1 amide bonds. The van der Waals surface area contributed by atoms with E-state index < -0.39 is 59.7 Å². The molecule has 0 spiro atoms. The standard InChI is InChI=1S/C19H13Cl2F5N4O2/c20-12-5-28-6-13(21)16(12)15(31)8-30(7-9-3-10(22)1-2-14(9)23)19(32)11(4-27)17(29-26)18(24)25/h1-6,18,27,29H,7-8H2/b17-11+,27-4?. The number of ketones is 1. The number of amides is 1. The van der Waals surface area contributed by atoms with Crippen molar-refractivity contribution >= 4 is 41.1 Å². The van der Waals surface area contributed by atoms with Crippen molar-refractivity contribution in [1.82, 2.24) is 15.4 Å². The van der Waals surface area contributed by atoms with Gasteiger partial charge in [-0.2, -0.15) is 0 Å². The topological polar surface area (TPSA) is 86.2 Å². The second kappa shape index (κ2) is 11.0. The van der Waals surface area contributed by atoms with Crippen LogP contribution in [0.5, 0.6) is 0 Å². The summed E-state index contributed by atoms with van der Waals surface area (Å²) in [4.78, 5) is 29.8. The normalized spacial score (nSPS) is 11.8. The lowest BCUT2D eigenvalue weighted by atomic mass is 10.1. The van der Waals surface area contributed by atoms with Crippen LogP contribution in [0, 0.1) is 17.0 Å². The zero-order chi connectivity index (χ0) is 24.0. The summed E-state index contributed by atoms with van der Waals surface area (Å²) in [7, 11) is 0. The fourth-order valence-electron chi connectivity index (χ4n) is 2.63. The largest absolute Gasteiger partial charge is 0.326 e. The first-order chi connectivity index (χ1) is 15.1. The molecule has 13 heteroatoms. The molecule has 0 radical (unpaired) electrons. The zero-order valence-electron chi connectivity index (χ0n) is 15.8. The molecule has 0 atom stereocenters. The highest BCUT2D eigenvalue weighted by Gasteiger charge is 2.29. The Balaban J connectivity index is 2.53. The maximum absolute atomic E-state index is 14.1. The molecular weight excluding hydrogens is 482 g/mol. The summed E-state index contributed by atoms with van der Waals surface area (Å²) in [5, 5.41) is 6.87. The third-order valence-corrected chi connectivity index (χ3v) is 4.68. The van der Waals surface area contributed by atoms with Crippen molar-refractivity contribution in [2.45, 2.75) is 13.0 Å². The molecule has 0 saturated carbocycles. The molecule has 0 fully saturated rings. The van der Waals surface area contributed by atoms with Crippen molar-refractivity contribution in [2.24, 2.45) is 0 Å². The molecule has 2 N–H and O–H groups in total. The smallest absolute Gasteiger partial charge is 0.281 e. The Labute approximate surface area is 188 Å². The van der Waals surface area contributed by atoms with Crippen molar-refractivity contribution in [3.05, 3.63) is 74.7 Å². The second-order valence-electron chi connectivity index (χ2n) is 6.17. The third-order valence-electron chi connectivity index (χ3n) is 4.11. The number of Topliss-reactive ketones (excluding diaryl/α,β-unsaturated/α-hetero) is 1. The van der Waals surface area contributed by atoms with Gasteiger partial charge in [0, 0.05) is 30.7 Å². The van der Waals surface area contributed by atoms with E-state index in [2.05, 4.69) is 4.98 Å². The van der Waals surface area contributed by atoms with Gasteiger partial charge in [0.15, 0.2) is 5.78 Å². The summed E-state index contributed by atoms with van der Waals surface area (Å²) >= 11 is 11.8. The maximum atomic E-state index is 14.1. The van der Waals surface area contributed by atoms with Crippen molar-refractivity contribution in [1.29, 1.82) is 5.41 Å². The predicted octanol–water partition coefficient (Wildman–Crippen LogP) is 4.52. The van der Waals surface area contributed by atoms with Gasteiger partial charge in [-0.25, -0.2) is 23.1 Å². The number of aromatic nitrogens is 1. The number of nitrogens with one attached hydrogen (secondary N) is 2. The Morgan fingerprint density at radius 3 is 2.34 bits per heavy atom. The molecule has 1 heterocycles. The lowest BCUT2D eigenvalue weighted by molar-refractivity contribution is -0.127. The van der Waals surface area contributed by atoms with Crippen LogP contribution in [0.1, 0.15) is 15.9 Å². The van der Waals surface area contributed by atoms with Gasteiger partial charge in [0.25, 0.3) is 12.3 Å². The molecule has 1 aromatic heterocycles. The van der Waals surface area contributed by atoms with E-state index in [-0.39, 0.29) is 21.8 Å². The van der Waals surface area contributed by atoms with Crippen molar-refractivity contribution in [3.63, 3.8) is 0 Å². The van der Waals surface area contributed by atoms with E-state index in [9.17, 15) is 31.6 Å². The zero-order valence-corrected chi connectivity index (χ0v) is 17.3. The van der Waals surface area contributed by atoms with Crippen LogP contribution in [0.2, 0.25) is 10.0 Å². The molecule has 0 aliphatic carbocycles. The van der Waals surface area contributed by atoms with Gasteiger partial charge in [0.05, 0.1) is 27.7 Å². The highest BCUT2D eigenvalue weighted by atomic mass is 35.5. The Bertz CT molecular complexity index is 1060. The quantitative estimate of drug-likeness (QED) is 0.176. The van der Waals surface area contributed by atoms with Crippen molar-refractivity contribution in [3.8, 4) is 0 Å². The minimum absolute atomic E-state index is 0.141. The fraction of sp³-hybridized carbons (Fsp3) is 0.158. The predicted molar refractivity (Wildman–Crippen MR) is 106 cm³/mol. The minimum Gasteiger partial charge on any atom is -0.326 e. The van der Waals surface area contributed by atoms with Gasteiger partial charge in [-0.15, -0.1) is 4.48 Å². The van der Waals surface area contributed by atoms with E-state index >= 15 is 0 Å². The molecule has 0 aliphatic rings. The number of halogens is 7. The number of benzene rings is 1. The molecule has 6 nitrogen and oxygen atoms in total. The Kier molecular flexibility index (Phi) is 8.67. The highest BCUT2D eigenvalue weighted by Crippen LogP contribution is 2.25. The number of alkyl halides is 2. The summed E-state index contributed by atoms with van der Waals surface area (Å²) in [6.07, 6.45) is -1.20. The first-order valence-electron chi connectivity index (χ1n) is 8.55. The number of hydrogen-bond donors (Lipinski definition) is 2. The molecule has 170 valence electrons. The Hall–Kier alpha value is -3.05. The van der Waals surface area contributed by atoms with E-state index in [0.29, 0.717) is 10.4 Å². The molecule has 2 rings (SSSR count). The minimum atomic E-state index is -3.52. The van der Waals surface area contributed by atoms with Crippen LogP contribution in [0.15, 0.2) is 41.9 Å². The SMILES string of the molecule is N=C/C(C(=O)N(CC(=O)c1c(Cl)cncc1Cl)Cc1cc(F)ccc1F)=C(\NF)C(F)F. The molecule has 1 aromatic carbocycles. The van der Waals surface area contributed by atoms with Gasteiger partial charge in [-0.3, -0.25) is 14.6 Å². The monoisotopic (exact) mass is 494 g/mol. The number of allylic oxidation sites excluding steroid dienone is 1. The van der Waals surface area contributed by atoms with Crippen molar-refractivity contribution in [2.75, 3.05) is 6.54 Å². The van der Waals surface area contributed by atoms with Gasteiger partial charge in [0.1, 0.15) is 17.3 Å². The summed E-state index contributed by atoms with van der Waals surface area (Å²) in [5.41, 5.74) is -2.72. The van der Waals surface area contributed by atoms with Gasteiger partial charge in [-0.05, 0) is 18.2 Å². The average molecular weight is 495 g/mol. The van der Waals surface area contributed by atoms with Crippen LogP contribution in [0.25, 0.3) is 0 Å². The lowest BCUT2D eigenvalue weighted by Gasteiger charge is -2.24. The number of carbonyl (C=O) groups excluding carboxylic acids is 2. The highest BCUT2D eigenvalue weighted by molar-refractivity contribution is 6.39. The number of rotatable bonds is 9. The number of pyridine rings is 1. The summed E-state index contributed by atoms with van der Waals surface area (Å²) in [6, 6.07) is 2.28. The molecule has 2 aromatic rings. The van der Waals surface area contributed by atoms with Crippen molar-refractivity contribution < 1.29 is 31.6 Å². The molecule has 0 saturated heterocycles. The van der Waals surface area contributed by atoms with E-state index in [1.54, 1.807) is 0 Å². The van der Waals surface area contributed by atoms with E-state index in [1.807, 2.05) is 0 Å². The summed E-state index contributed by atoms with van der Waals surface area (Å²) in [5.74, 6) is -4.17. The van der Waals surface area contributed by atoms with Gasteiger partial charge >= 0.3 is 0 Å². The first-order valence-corrected chi connectivity index (χ1v) is 9.31. The van der Waals surface area contributed by atoms with E-state index in [1.165, 1.54) is 0 Å². The van der Waals surface area contributed by atoms with Crippen LogP contribution in [0.3, 0.4) is 0 Å². The van der Waals surface area contributed by atoms with Crippen LogP contribution < -0.4 is 5.54 Å². The Morgan fingerprint density at radius 2 is 1.81 bits per heavy atom. The van der Waals surface area contributed by atoms with Crippen LogP contribution in [0.4, 0.5) is 22.0 Å². The van der Waals surface area contributed by atoms with E-state index in [0.717, 1.165) is 30.6 Å². The molecule has 0 aliphatic heterocycles. The van der Waals surface area contributed by atoms with Gasteiger partial charge in [0.2, 0.25) is 0 Å². The molecule has 0 bridgehead atoms. The van der Waals surface area contributed by atoms with E-state index in [4.69, 9.17) is 28.6 Å². The Morgan fingerprint density at radius 1 is 1.19 bits per heavy atom. The van der Waals surface area contributed by atoms with Crippen LogP contribution in [-0.4, -0.2) is 40.8 Å². The summed E-state index contributed by atoms with van der Waals surface area (Å²) < 4.78 is 66.7. The fourth-order valence-corrected chi connectivity index (χ4v) is 3.21. The molecule has 32 heavy (non-hydrogen) atoms. The average Bonchev–Trinajstić information content (AvgIpc) is 2.73. The lowest BCUT2D eigenvalue weighted by Crippen LogP contribution is -2.38. The first kappa shape index (κ1) is 25.2. The molecule has 0 unspecified atom stereocenters. The number of hydrogen-bond acceptors (Lipinski definition) is 5. The van der Waals surface area contributed by atoms with Crippen LogP contribution >= 0.6 is 23.2 Å². The third kappa shape index (κ3) is 5.80. The number of carbonyl (C=O) groups is 2. The van der Waals surface area contributed by atoms with Gasteiger partial charge in [-0.1, -0.05) is 23.2 Å². The second-order valence-corrected chi connectivity index (χ2v) is 6.98. The van der Waals surface area contributed by atoms with Gasteiger partial charge < -0.3 is 10.3 Å². The van der Waals surface area contributed by atoms with Crippen LogP contribution in [-0.2, 0) is 11.3 Å². The summed E-state index contributed by atoms with van der Waals surface area (Å²) in [6.45, 7) is -1.69. The maximum Gasteiger partial charge on any atom is 0.281 e.